The molecular formula is C11H20F3N3O. The summed E-state index contributed by atoms with van der Waals surface area (Å²) in [6.45, 7) is 3.08. The average molecular weight is 267 g/mol. The lowest BCUT2D eigenvalue weighted by atomic mass is 10.0. The van der Waals surface area contributed by atoms with Gasteiger partial charge in [-0.2, -0.15) is 13.2 Å². The third-order valence-corrected chi connectivity index (χ3v) is 2.85. The molecule has 0 aromatic heterocycles. The van der Waals surface area contributed by atoms with E-state index in [1.54, 1.807) is 0 Å². The predicted molar refractivity (Wildman–Crippen MR) is 63.6 cm³/mol. The molecule has 0 aromatic carbocycles. The van der Waals surface area contributed by atoms with Crippen LogP contribution in [0.5, 0.6) is 0 Å². The molecule has 2 N–H and O–H groups in total. The van der Waals surface area contributed by atoms with Gasteiger partial charge in [0.15, 0.2) is 5.96 Å². The minimum Gasteiger partial charge on any atom is -0.373 e. The van der Waals surface area contributed by atoms with E-state index < -0.39 is 12.6 Å². The van der Waals surface area contributed by atoms with Crippen molar-refractivity contribution in [3.05, 3.63) is 0 Å². The van der Waals surface area contributed by atoms with Crippen LogP contribution in [0.3, 0.4) is 0 Å². The van der Waals surface area contributed by atoms with E-state index in [9.17, 15) is 13.2 Å². The fourth-order valence-electron chi connectivity index (χ4n) is 1.79. The first-order valence-corrected chi connectivity index (χ1v) is 6.00. The fourth-order valence-corrected chi connectivity index (χ4v) is 1.79. The Morgan fingerprint density at radius 2 is 2.11 bits per heavy atom. The quantitative estimate of drug-likeness (QED) is 0.601. The average Bonchev–Trinajstić information content (AvgIpc) is 2.69. The van der Waals surface area contributed by atoms with Crippen molar-refractivity contribution in [3.8, 4) is 0 Å². The summed E-state index contributed by atoms with van der Waals surface area (Å²) >= 11 is 0. The molecule has 0 amide bonds. The van der Waals surface area contributed by atoms with E-state index in [-0.39, 0.29) is 12.1 Å². The first-order chi connectivity index (χ1) is 8.35. The Bertz CT molecular complexity index is 286. The zero-order chi connectivity index (χ0) is 13.6. The molecule has 1 rings (SSSR count). The van der Waals surface area contributed by atoms with Crippen LogP contribution in [0, 0.1) is 0 Å². The van der Waals surface area contributed by atoms with Crippen LogP contribution >= 0.6 is 0 Å². The van der Waals surface area contributed by atoms with Crippen molar-refractivity contribution < 1.29 is 17.9 Å². The molecule has 0 radical (unpaired) electrons. The van der Waals surface area contributed by atoms with Crippen molar-refractivity contribution in [1.29, 1.82) is 0 Å². The number of ether oxygens (including phenoxy) is 1. The minimum absolute atomic E-state index is 0.180. The number of hydrogen-bond acceptors (Lipinski definition) is 2. The van der Waals surface area contributed by atoms with Crippen LogP contribution in [0.15, 0.2) is 4.99 Å². The van der Waals surface area contributed by atoms with Crippen LogP contribution in [-0.4, -0.2) is 44.5 Å². The third-order valence-electron chi connectivity index (χ3n) is 2.85. The summed E-state index contributed by atoms with van der Waals surface area (Å²) in [5.41, 5.74) is -0.248. The van der Waals surface area contributed by atoms with E-state index in [1.165, 1.54) is 7.05 Å². The lowest BCUT2D eigenvalue weighted by molar-refractivity contribution is -0.132. The number of guanidine groups is 1. The zero-order valence-electron chi connectivity index (χ0n) is 10.7. The van der Waals surface area contributed by atoms with Gasteiger partial charge >= 0.3 is 6.18 Å². The standard InChI is InChI=1S/C11H20F3N3O/c1-10(4-3-7-18-10)8-17-9(15-2)16-6-5-11(12,13)14/h3-8H2,1-2H3,(H2,15,16,17). The highest BCUT2D eigenvalue weighted by atomic mass is 19.4. The second kappa shape index (κ2) is 6.26. The minimum atomic E-state index is -4.15. The predicted octanol–water partition coefficient (Wildman–Crippen LogP) is 1.67. The van der Waals surface area contributed by atoms with Gasteiger partial charge in [-0.05, 0) is 19.8 Å². The molecule has 0 saturated carbocycles. The molecule has 106 valence electrons. The SMILES string of the molecule is CN=C(NCCC(F)(F)F)NCC1(C)CCCO1. The van der Waals surface area contributed by atoms with Crippen molar-refractivity contribution in [2.75, 3.05) is 26.7 Å². The Labute approximate surface area is 105 Å². The Morgan fingerprint density at radius 3 is 2.61 bits per heavy atom. The van der Waals surface area contributed by atoms with Gasteiger partial charge < -0.3 is 15.4 Å². The van der Waals surface area contributed by atoms with Crippen LogP contribution in [0.4, 0.5) is 13.2 Å². The summed E-state index contributed by atoms with van der Waals surface area (Å²) in [5, 5.41) is 5.62. The largest absolute Gasteiger partial charge is 0.390 e. The summed E-state index contributed by atoms with van der Waals surface area (Å²) in [6.07, 6.45) is -3.06. The third kappa shape index (κ3) is 5.57. The number of nitrogens with one attached hydrogen (secondary N) is 2. The highest BCUT2D eigenvalue weighted by Gasteiger charge is 2.30. The van der Waals surface area contributed by atoms with Gasteiger partial charge in [-0.25, -0.2) is 0 Å². The summed E-state index contributed by atoms with van der Waals surface area (Å²) in [5.74, 6) is 0.371. The number of hydrogen-bond donors (Lipinski definition) is 2. The van der Waals surface area contributed by atoms with Gasteiger partial charge in [0.05, 0.1) is 12.0 Å². The smallest absolute Gasteiger partial charge is 0.373 e. The molecule has 1 fully saturated rings. The van der Waals surface area contributed by atoms with Crippen LogP contribution in [0.2, 0.25) is 0 Å². The molecule has 18 heavy (non-hydrogen) atoms. The van der Waals surface area contributed by atoms with Crippen LogP contribution < -0.4 is 10.6 Å². The summed E-state index contributed by atoms with van der Waals surface area (Å²) in [7, 11) is 1.53. The van der Waals surface area contributed by atoms with Crippen molar-refractivity contribution >= 4 is 5.96 Å². The van der Waals surface area contributed by atoms with Gasteiger partial charge in [-0.3, -0.25) is 4.99 Å². The maximum absolute atomic E-state index is 12.0. The highest BCUT2D eigenvalue weighted by molar-refractivity contribution is 5.79. The van der Waals surface area contributed by atoms with Gasteiger partial charge in [-0.15, -0.1) is 0 Å². The molecule has 0 aromatic rings. The molecule has 7 heteroatoms. The fraction of sp³-hybridized carbons (Fsp3) is 0.909. The molecule has 1 aliphatic rings. The zero-order valence-corrected chi connectivity index (χ0v) is 10.7. The molecule has 1 atom stereocenters. The monoisotopic (exact) mass is 267 g/mol. The normalized spacial score (nSPS) is 25.3. The van der Waals surface area contributed by atoms with E-state index in [1.807, 2.05) is 6.92 Å². The van der Waals surface area contributed by atoms with Crippen molar-refractivity contribution in [1.82, 2.24) is 10.6 Å². The van der Waals surface area contributed by atoms with Crippen LogP contribution in [0.25, 0.3) is 0 Å². The first kappa shape index (κ1) is 15.1. The van der Waals surface area contributed by atoms with Gasteiger partial charge in [0, 0.05) is 26.7 Å². The molecule has 0 bridgehead atoms. The summed E-state index contributed by atoms with van der Waals surface area (Å²) < 4.78 is 41.5. The number of nitrogens with zero attached hydrogens (tertiary/aromatic N) is 1. The number of alkyl halides is 3. The van der Waals surface area contributed by atoms with Gasteiger partial charge in [0.2, 0.25) is 0 Å². The van der Waals surface area contributed by atoms with Gasteiger partial charge in [0.1, 0.15) is 0 Å². The molecule has 1 saturated heterocycles. The number of halogens is 3. The molecule has 1 aliphatic heterocycles. The van der Waals surface area contributed by atoms with Gasteiger partial charge in [-0.1, -0.05) is 0 Å². The van der Waals surface area contributed by atoms with Crippen LogP contribution in [-0.2, 0) is 4.74 Å². The number of aliphatic imine (C=N–C) groups is 1. The molecule has 1 unspecified atom stereocenters. The molecular weight excluding hydrogens is 247 g/mol. The van der Waals surface area contributed by atoms with Crippen molar-refractivity contribution in [2.24, 2.45) is 4.99 Å². The molecule has 0 spiro atoms. The Kier molecular flexibility index (Phi) is 5.25. The molecule has 4 nitrogen and oxygen atoms in total. The van der Waals surface area contributed by atoms with E-state index in [4.69, 9.17) is 4.74 Å². The van der Waals surface area contributed by atoms with E-state index in [2.05, 4.69) is 15.6 Å². The van der Waals surface area contributed by atoms with E-state index in [0.717, 1.165) is 19.4 Å². The van der Waals surface area contributed by atoms with Gasteiger partial charge in [0.25, 0.3) is 0 Å². The molecule has 0 aliphatic carbocycles. The van der Waals surface area contributed by atoms with E-state index in [0.29, 0.717) is 12.5 Å². The first-order valence-electron chi connectivity index (χ1n) is 6.00. The van der Waals surface area contributed by atoms with Crippen LogP contribution in [0.1, 0.15) is 26.2 Å². The lowest BCUT2D eigenvalue weighted by Crippen LogP contribution is -2.46. The summed E-state index contributed by atoms with van der Waals surface area (Å²) in [4.78, 5) is 3.87. The van der Waals surface area contributed by atoms with Crippen molar-refractivity contribution in [3.63, 3.8) is 0 Å². The molecule has 1 heterocycles. The van der Waals surface area contributed by atoms with E-state index >= 15 is 0 Å². The lowest BCUT2D eigenvalue weighted by Gasteiger charge is -2.24. The maximum atomic E-state index is 12.0. The Morgan fingerprint density at radius 1 is 1.39 bits per heavy atom. The second-order valence-electron chi connectivity index (χ2n) is 4.62. The summed E-state index contributed by atoms with van der Waals surface area (Å²) in [6, 6.07) is 0. The Balaban J connectivity index is 2.26. The maximum Gasteiger partial charge on any atom is 0.390 e. The Hall–Kier alpha value is -0.980. The second-order valence-corrected chi connectivity index (χ2v) is 4.62. The highest BCUT2D eigenvalue weighted by Crippen LogP contribution is 2.23. The number of rotatable bonds is 4. The topological polar surface area (TPSA) is 45.7 Å². The van der Waals surface area contributed by atoms with Crippen molar-refractivity contribution in [2.45, 2.75) is 38.0 Å².